The first-order valence-electron chi connectivity index (χ1n) is 7.93. The van der Waals surface area contributed by atoms with Crippen LogP contribution >= 0.6 is 15.9 Å². The fourth-order valence-corrected chi connectivity index (χ4v) is 3.44. The number of benzene rings is 1. The van der Waals surface area contributed by atoms with Gasteiger partial charge in [-0.1, -0.05) is 41.4 Å². The molecule has 112 valence electrons. The topological polar surface area (TPSA) is 15.3 Å². The lowest BCUT2D eigenvalue weighted by Crippen LogP contribution is -2.43. The molecule has 2 unspecified atom stereocenters. The first-order valence-corrected chi connectivity index (χ1v) is 8.73. The van der Waals surface area contributed by atoms with Crippen molar-refractivity contribution in [1.29, 1.82) is 0 Å². The second-order valence-electron chi connectivity index (χ2n) is 5.87. The van der Waals surface area contributed by atoms with E-state index in [-0.39, 0.29) is 0 Å². The van der Waals surface area contributed by atoms with Crippen molar-refractivity contribution in [2.75, 3.05) is 19.6 Å². The molecular formula is C17H27BrN2. The number of hydrogen-bond acceptors (Lipinski definition) is 2. The minimum atomic E-state index is 0.458. The fourth-order valence-electron chi connectivity index (χ4n) is 3.02. The predicted octanol–water partition coefficient (Wildman–Crippen LogP) is 4.36. The van der Waals surface area contributed by atoms with Gasteiger partial charge in [0.15, 0.2) is 0 Å². The van der Waals surface area contributed by atoms with Gasteiger partial charge in [0.05, 0.1) is 0 Å². The maximum atomic E-state index is 3.75. The van der Waals surface area contributed by atoms with Crippen LogP contribution in [0.15, 0.2) is 28.7 Å². The highest BCUT2D eigenvalue weighted by Crippen LogP contribution is 2.21. The van der Waals surface area contributed by atoms with E-state index >= 15 is 0 Å². The summed E-state index contributed by atoms with van der Waals surface area (Å²) in [6.45, 7) is 8.23. The molecule has 1 heterocycles. The molecule has 1 aromatic carbocycles. The highest BCUT2D eigenvalue weighted by atomic mass is 79.9. The lowest BCUT2D eigenvalue weighted by molar-refractivity contribution is 0.167. The SMILES string of the molecule is CCC(NCC(C)N1CCCCC1)c1cccc(Br)c1. The van der Waals surface area contributed by atoms with E-state index in [1.165, 1.54) is 42.4 Å². The van der Waals surface area contributed by atoms with E-state index in [4.69, 9.17) is 0 Å². The Labute approximate surface area is 132 Å². The number of nitrogens with zero attached hydrogens (tertiary/aromatic N) is 1. The van der Waals surface area contributed by atoms with Crippen LogP contribution in [0.25, 0.3) is 0 Å². The lowest BCUT2D eigenvalue weighted by Gasteiger charge is -2.33. The highest BCUT2D eigenvalue weighted by molar-refractivity contribution is 9.10. The molecule has 0 spiro atoms. The molecule has 2 nitrogen and oxygen atoms in total. The average molecular weight is 339 g/mol. The second-order valence-corrected chi connectivity index (χ2v) is 6.79. The van der Waals surface area contributed by atoms with Crippen LogP contribution < -0.4 is 5.32 Å². The molecule has 0 saturated carbocycles. The zero-order valence-corrected chi connectivity index (χ0v) is 14.3. The van der Waals surface area contributed by atoms with Gasteiger partial charge in [0.25, 0.3) is 0 Å². The molecule has 0 radical (unpaired) electrons. The van der Waals surface area contributed by atoms with Crippen LogP contribution in [-0.4, -0.2) is 30.6 Å². The molecule has 20 heavy (non-hydrogen) atoms. The van der Waals surface area contributed by atoms with Crippen LogP contribution in [0.5, 0.6) is 0 Å². The van der Waals surface area contributed by atoms with Gasteiger partial charge in [-0.25, -0.2) is 0 Å². The number of rotatable bonds is 6. The molecule has 1 aliphatic rings. The van der Waals surface area contributed by atoms with E-state index in [1.54, 1.807) is 0 Å². The Morgan fingerprint density at radius 1 is 1.25 bits per heavy atom. The molecule has 1 aromatic rings. The van der Waals surface area contributed by atoms with E-state index in [1.807, 2.05) is 0 Å². The molecule has 1 saturated heterocycles. The molecule has 0 bridgehead atoms. The molecule has 1 fully saturated rings. The number of hydrogen-bond donors (Lipinski definition) is 1. The Balaban J connectivity index is 1.87. The normalized spacial score (nSPS) is 19.8. The Bertz CT molecular complexity index is 402. The molecule has 2 rings (SSSR count). The third-order valence-corrected chi connectivity index (χ3v) is 4.83. The Hall–Kier alpha value is -0.380. The van der Waals surface area contributed by atoms with Crippen molar-refractivity contribution in [3.8, 4) is 0 Å². The third kappa shape index (κ3) is 4.57. The fraction of sp³-hybridized carbons (Fsp3) is 0.647. The summed E-state index contributed by atoms with van der Waals surface area (Å²) in [6, 6.07) is 9.76. The van der Waals surface area contributed by atoms with Gasteiger partial charge < -0.3 is 5.32 Å². The number of likely N-dealkylation sites (tertiary alicyclic amines) is 1. The van der Waals surface area contributed by atoms with Gasteiger partial charge >= 0.3 is 0 Å². The molecule has 0 aromatic heterocycles. The highest BCUT2D eigenvalue weighted by Gasteiger charge is 2.18. The summed E-state index contributed by atoms with van der Waals surface area (Å²) in [7, 11) is 0. The van der Waals surface area contributed by atoms with Gasteiger partial charge in [0.1, 0.15) is 0 Å². The zero-order valence-electron chi connectivity index (χ0n) is 12.7. The summed E-state index contributed by atoms with van der Waals surface area (Å²) in [5, 5.41) is 3.75. The number of piperidine rings is 1. The van der Waals surface area contributed by atoms with Crippen LogP contribution in [0.1, 0.15) is 51.1 Å². The van der Waals surface area contributed by atoms with Crippen molar-refractivity contribution in [2.45, 2.75) is 51.6 Å². The van der Waals surface area contributed by atoms with Gasteiger partial charge in [-0.15, -0.1) is 0 Å². The van der Waals surface area contributed by atoms with Crippen LogP contribution in [0.3, 0.4) is 0 Å². The Morgan fingerprint density at radius 2 is 2.00 bits per heavy atom. The first-order chi connectivity index (χ1) is 9.70. The third-order valence-electron chi connectivity index (χ3n) is 4.33. The minimum Gasteiger partial charge on any atom is -0.308 e. The predicted molar refractivity (Wildman–Crippen MR) is 90.1 cm³/mol. The van der Waals surface area contributed by atoms with Gasteiger partial charge in [-0.2, -0.15) is 0 Å². The lowest BCUT2D eigenvalue weighted by atomic mass is 10.0. The molecule has 2 atom stereocenters. The second kappa shape index (κ2) is 8.16. The monoisotopic (exact) mass is 338 g/mol. The maximum absolute atomic E-state index is 3.75. The maximum Gasteiger partial charge on any atom is 0.0318 e. The average Bonchev–Trinajstić information content (AvgIpc) is 2.48. The van der Waals surface area contributed by atoms with Crippen molar-refractivity contribution in [3.05, 3.63) is 34.3 Å². The van der Waals surface area contributed by atoms with Crippen molar-refractivity contribution >= 4 is 15.9 Å². The Kier molecular flexibility index (Phi) is 6.53. The first kappa shape index (κ1) is 16.0. The van der Waals surface area contributed by atoms with E-state index in [0.717, 1.165) is 13.0 Å². The van der Waals surface area contributed by atoms with Crippen LogP contribution in [0, 0.1) is 0 Å². The molecule has 1 aliphatic heterocycles. The molecule has 0 aliphatic carbocycles. The summed E-state index contributed by atoms with van der Waals surface area (Å²) in [5.41, 5.74) is 1.38. The van der Waals surface area contributed by atoms with Crippen LogP contribution in [-0.2, 0) is 0 Å². The molecule has 3 heteroatoms. The van der Waals surface area contributed by atoms with Gasteiger partial charge in [-0.05, 0) is 57.0 Å². The molecule has 1 N–H and O–H groups in total. The smallest absolute Gasteiger partial charge is 0.0318 e. The number of nitrogens with one attached hydrogen (secondary N) is 1. The summed E-state index contributed by atoms with van der Waals surface area (Å²) in [6.07, 6.45) is 5.27. The van der Waals surface area contributed by atoms with Crippen molar-refractivity contribution in [1.82, 2.24) is 10.2 Å². The van der Waals surface area contributed by atoms with Gasteiger partial charge in [0.2, 0.25) is 0 Å². The summed E-state index contributed by atoms with van der Waals surface area (Å²) >= 11 is 3.57. The summed E-state index contributed by atoms with van der Waals surface area (Å²) < 4.78 is 1.17. The standard InChI is InChI=1S/C17H27BrN2/c1-3-17(15-8-7-9-16(18)12-15)19-13-14(2)20-10-5-4-6-11-20/h7-9,12,14,17,19H,3-6,10-11,13H2,1-2H3. The molecule has 0 amide bonds. The minimum absolute atomic E-state index is 0.458. The van der Waals surface area contributed by atoms with E-state index in [0.29, 0.717) is 12.1 Å². The summed E-state index contributed by atoms with van der Waals surface area (Å²) in [4.78, 5) is 2.63. The largest absolute Gasteiger partial charge is 0.308 e. The van der Waals surface area contributed by atoms with E-state index < -0.39 is 0 Å². The van der Waals surface area contributed by atoms with Crippen LogP contribution in [0.4, 0.5) is 0 Å². The Morgan fingerprint density at radius 3 is 2.65 bits per heavy atom. The summed E-state index contributed by atoms with van der Waals surface area (Å²) in [5.74, 6) is 0. The quantitative estimate of drug-likeness (QED) is 0.828. The van der Waals surface area contributed by atoms with Gasteiger partial charge in [0, 0.05) is 23.1 Å². The van der Waals surface area contributed by atoms with Crippen LogP contribution in [0.2, 0.25) is 0 Å². The van der Waals surface area contributed by atoms with Crippen molar-refractivity contribution < 1.29 is 0 Å². The van der Waals surface area contributed by atoms with Gasteiger partial charge in [-0.3, -0.25) is 4.90 Å². The zero-order chi connectivity index (χ0) is 14.4. The van der Waals surface area contributed by atoms with Crippen molar-refractivity contribution in [3.63, 3.8) is 0 Å². The van der Waals surface area contributed by atoms with E-state index in [2.05, 4.69) is 64.3 Å². The van der Waals surface area contributed by atoms with E-state index in [9.17, 15) is 0 Å². The van der Waals surface area contributed by atoms with Crippen molar-refractivity contribution in [2.24, 2.45) is 0 Å². The molecular weight excluding hydrogens is 312 g/mol. The number of halogens is 1.